The van der Waals surface area contributed by atoms with Crippen molar-refractivity contribution in [3.63, 3.8) is 0 Å². The average molecular weight is 357 g/mol. The lowest BCUT2D eigenvalue weighted by Gasteiger charge is -2.27. The van der Waals surface area contributed by atoms with Crippen LogP contribution < -0.4 is 0 Å². The van der Waals surface area contributed by atoms with Gasteiger partial charge in [0.1, 0.15) is 11.7 Å². The van der Waals surface area contributed by atoms with E-state index in [4.69, 9.17) is 5.26 Å². The number of ketones is 1. The molecule has 1 atom stereocenters. The van der Waals surface area contributed by atoms with Gasteiger partial charge in [0.25, 0.3) is 0 Å². The lowest BCUT2D eigenvalue weighted by Crippen LogP contribution is -2.26. The largest absolute Gasteiger partial charge is 0.323 e. The first kappa shape index (κ1) is 16.9. The van der Waals surface area contributed by atoms with Gasteiger partial charge in [-0.15, -0.1) is 0 Å². The van der Waals surface area contributed by atoms with Crippen LogP contribution in [0, 0.1) is 17.1 Å². The minimum atomic E-state index is -0.515. The summed E-state index contributed by atoms with van der Waals surface area (Å²) in [5, 5.41) is 8.96. The van der Waals surface area contributed by atoms with Crippen molar-refractivity contribution in [1.82, 2.24) is 4.90 Å². The Morgan fingerprint density at radius 2 is 2.00 bits per heavy atom. The van der Waals surface area contributed by atoms with Gasteiger partial charge in [-0.2, -0.15) is 5.26 Å². The van der Waals surface area contributed by atoms with Crippen molar-refractivity contribution in [3.8, 4) is 6.07 Å². The van der Waals surface area contributed by atoms with Gasteiger partial charge in [-0.05, 0) is 60.0 Å². The van der Waals surface area contributed by atoms with Crippen LogP contribution in [-0.4, -0.2) is 23.1 Å². The molecular weight excluding hydrogens is 341 g/mol. The van der Waals surface area contributed by atoms with Crippen LogP contribution in [0.1, 0.15) is 40.0 Å². The smallest absolute Gasteiger partial charge is 0.162 e. The lowest BCUT2D eigenvalue weighted by molar-refractivity contribution is 0.101. The number of fused-ring (bicyclic) bond motifs is 1. The number of nitrogens with zero attached hydrogens (tertiary/aromatic N) is 3. The maximum Gasteiger partial charge on any atom is 0.162 e. The van der Waals surface area contributed by atoms with Gasteiger partial charge in [0.05, 0.1) is 29.8 Å². The molecule has 0 fully saturated rings. The molecule has 0 radical (unpaired) electrons. The van der Waals surface area contributed by atoms with Crippen LogP contribution in [0.3, 0.4) is 0 Å². The first-order chi connectivity index (χ1) is 13.1. The molecule has 4 nitrogen and oxygen atoms in total. The molecular formula is C22H16FN3O. The van der Waals surface area contributed by atoms with Gasteiger partial charge in [0.15, 0.2) is 5.78 Å². The molecule has 0 saturated heterocycles. The van der Waals surface area contributed by atoms with E-state index in [9.17, 15) is 9.18 Å². The van der Waals surface area contributed by atoms with Crippen LogP contribution in [0.4, 0.5) is 4.39 Å². The summed E-state index contributed by atoms with van der Waals surface area (Å²) in [6, 6.07) is 14.3. The van der Waals surface area contributed by atoms with Gasteiger partial charge in [-0.25, -0.2) is 4.39 Å². The molecule has 1 unspecified atom stereocenters. The number of hydrogen-bond acceptors (Lipinski definition) is 4. The molecule has 0 spiro atoms. The molecule has 0 aliphatic carbocycles. The zero-order valence-corrected chi connectivity index (χ0v) is 14.7. The predicted octanol–water partition coefficient (Wildman–Crippen LogP) is 4.27. The van der Waals surface area contributed by atoms with Crippen molar-refractivity contribution >= 4 is 17.2 Å². The molecule has 0 saturated carbocycles. The number of carbonyl (C=O) groups excluding carboxylic acids is 1. The molecule has 2 aliphatic rings. The van der Waals surface area contributed by atoms with Crippen LogP contribution in [0.25, 0.3) is 5.57 Å². The van der Waals surface area contributed by atoms with Gasteiger partial charge in [-0.1, -0.05) is 18.2 Å². The minimum absolute atomic E-state index is 0.0361. The van der Waals surface area contributed by atoms with Crippen molar-refractivity contribution in [2.75, 3.05) is 6.54 Å². The van der Waals surface area contributed by atoms with Crippen LogP contribution in [0.2, 0.25) is 0 Å². The fourth-order valence-corrected chi connectivity index (χ4v) is 3.36. The van der Waals surface area contributed by atoms with Gasteiger partial charge in [-0.3, -0.25) is 9.79 Å². The Labute approximate surface area is 156 Å². The van der Waals surface area contributed by atoms with Crippen LogP contribution in [0.5, 0.6) is 0 Å². The van der Waals surface area contributed by atoms with Crippen molar-refractivity contribution < 1.29 is 9.18 Å². The van der Waals surface area contributed by atoms with E-state index in [-0.39, 0.29) is 17.4 Å². The van der Waals surface area contributed by atoms with Crippen molar-refractivity contribution in [1.29, 1.82) is 5.26 Å². The van der Waals surface area contributed by atoms with E-state index < -0.39 is 5.82 Å². The molecule has 0 N–H and O–H groups in total. The minimum Gasteiger partial charge on any atom is -0.323 e. The Hall–Kier alpha value is -3.52. The Kier molecular flexibility index (Phi) is 4.17. The predicted molar refractivity (Wildman–Crippen MR) is 102 cm³/mol. The fraction of sp³-hybridized carbons (Fsp3) is 0.136. The number of carbonyl (C=O) groups is 1. The summed E-state index contributed by atoms with van der Waals surface area (Å²) in [7, 11) is 0. The fourth-order valence-electron chi connectivity index (χ4n) is 3.36. The van der Waals surface area contributed by atoms with Gasteiger partial charge in [0.2, 0.25) is 0 Å². The Morgan fingerprint density at radius 3 is 2.67 bits per heavy atom. The summed E-state index contributed by atoms with van der Waals surface area (Å²) in [6.45, 7) is 1.97. The molecule has 2 aromatic rings. The SMILES string of the molecule is CC(=O)c1ccc(C2=CN3C(=NCC3c3ccc(C#N)cc3)C=C2)cc1F. The Balaban J connectivity index is 1.66. The van der Waals surface area contributed by atoms with Gasteiger partial charge >= 0.3 is 0 Å². The summed E-state index contributed by atoms with van der Waals surface area (Å²) in [5.74, 6) is 0.0508. The van der Waals surface area contributed by atoms with Gasteiger partial charge in [0, 0.05) is 6.20 Å². The highest BCUT2D eigenvalue weighted by Gasteiger charge is 2.28. The average Bonchev–Trinajstić information content (AvgIpc) is 3.11. The molecule has 5 heteroatoms. The number of halogens is 1. The molecule has 0 aromatic heterocycles. The number of nitriles is 1. The van der Waals surface area contributed by atoms with E-state index in [1.165, 1.54) is 19.1 Å². The van der Waals surface area contributed by atoms with E-state index in [0.29, 0.717) is 17.7 Å². The number of allylic oxidation sites excluding steroid dienone is 2. The summed E-state index contributed by atoms with van der Waals surface area (Å²) < 4.78 is 14.2. The molecule has 2 aliphatic heterocycles. The van der Waals surface area contributed by atoms with E-state index in [1.54, 1.807) is 18.2 Å². The van der Waals surface area contributed by atoms with Crippen molar-refractivity contribution in [2.24, 2.45) is 4.99 Å². The maximum absolute atomic E-state index is 14.2. The third-order valence-electron chi connectivity index (χ3n) is 4.82. The second kappa shape index (κ2) is 6.65. The van der Waals surface area contributed by atoms with E-state index >= 15 is 0 Å². The normalized spacial score (nSPS) is 17.8. The molecule has 132 valence electrons. The summed E-state index contributed by atoms with van der Waals surface area (Å²) in [6.07, 6.45) is 5.77. The lowest BCUT2D eigenvalue weighted by atomic mass is 9.99. The van der Waals surface area contributed by atoms with E-state index in [1.807, 2.05) is 30.5 Å². The molecule has 4 rings (SSSR count). The van der Waals surface area contributed by atoms with Crippen LogP contribution in [-0.2, 0) is 0 Å². The molecule has 2 heterocycles. The van der Waals surface area contributed by atoms with E-state index in [2.05, 4.69) is 16.0 Å². The second-order valence-electron chi connectivity index (χ2n) is 6.52. The monoisotopic (exact) mass is 357 g/mol. The number of Topliss-reactive ketones (excluding diaryl/α,β-unsaturated/α-hetero) is 1. The first-order valence-electron chi connectivity index (χ1n) is 8.60. The first-order valence-corrected chi connectivity index (χ1v) is 8.60. The molecule has 27 heavy (non-hydrogen) atoms. The molecule has 0 amide bonds. The van der Waals surface area contributed by atoms with E-state index in [0.717, 1.165) is 17.0 Å². The highest BCUT2D eigenvalue weighted by molar-refractivity contribution is 6.01. The third-order valence-corrected chi connectivity index (χ3v) is 4.82. The van der Waals surface area contributed by atoms with Crippen molar-refractivity contribution in [3.05, 3.63) is 88.9 Å². The molecule has 0 bridgehead atoms. The summed E-state index contributed by atoms with van der Waals surface area (Å²) >= 11 is 0. The number of amidine groups is 1. The van der Waals surface area contributed by atoms with Crippen LogP contribution in [0.15, 0.2) is 65.8 Å². The zero-order chi connectivity index (χ0) is 19.0. The highest BCUT2D eigenvalue weighted by atomic mass is 19.1. The number of aliphatic imine (C=N–C) groups is 1. The topological polar surface area (TPSA) is 56.5 Å². The van der Waals surface area contributed by atoms with Gasteiger partial charge < -0.3 is 4.90 Å². The standard InChI is InChI=1S/C22H16FN3O/c1-14(27)19-8-6-17(10-20(19)23)18-7-9-22-25-12-21(26(22)13-18)16-4-2-15(11-24)3-5-16/h2-10,13,21H,12H2,1H3. The number of benzene rings is 2. The number of rotatable bonds is 3. The quantitative estimate of drug-likeness (QED) is 0.771. The summed E-state index contributed by atoms with van der Waals surface area (Å²) in [4.78, 5) is 18.1. The van der Waals surface area contributed by atoms with Crippen molar-refractivity contribution in [2.45, 2.75) is 13.0 Å². The number of hydrogen-bond donors (Lipinski definition) is 0. The third kappa shape index (κ3) is 3.06. The second-order valence-corrected chi connectivity index (χ2v) is 6.52. The highest BCUT2D eigenvalue weighted by Crippen LogP contribution is 2.33. The summed E-state index contributed by atoms with van der Waals surface area (Å²) in [5.41, 5.74) is 3.34. The molecule has 2 aromatic carbocycles. The van der Waals surface area contributed by atoms with Crippen LogP contribution >= 0.6 is 0 Å². The Bertz CT molecular complexity index is 1060. The zero-order valence-electron chi connectivity index (χ0n) is 14.7. The maximum atomic E-state index is 14.2. The Morgan fingerprint density at radius 1 is 1.22 bits per heavy atom.